The lowest BCUT2D eigenvalue weighted by atomic mass is 10.2. The molecule has 22 heavy (non-hydrogen) atoms. The number of likely N-dealkylation sites (N-methyl/N-ethyl adjacent to an activating group) is 1. The summed E-state index contributed by atoms with van der Waals surface area (Å²) in [7, 11) is 1.83. The second-order valence-electron chi connectivity index (χ2n) is 5.04. The lowest BCUT2D eigenvalue weighted by molar-refractivity contribution is -0.630. The molecule has 1 aromatic carbocycles. The van der Waals surface area contributed by atoms with Crippen LogP contribution in [0.4, 0.5) is 0 Å². The topological polar surface area (TPSA) is 95.5 Å². The van der Waals surface area contributed by atoms with Gasteiger partial charge in [-0.1, -0.05) is 12.1 Å². The van der Waals surface area contributed by atoms with Crippen LogP contribution in [0.15, 0.2) is 53.3 Å². The van der Waals surface area contributed by atoms with Gasteiger partial charge in [-0.2, -0.15) is 9.46 Å². The molecule has 0 spiro atoms. The van der Waals surface area contributed by atoms with Gasteiger partial charge in [-0.25, -0.2) is 4.99 Å². The van der Waals surface area contributed by atoms with Gasteiger partial charge in [0.05, 0.1) is 0 Å². The van der Waals surface area contributed by atoms with E-state index < -0.39 is 0 Å². The van der Waals surface area contributed by atoms with Gasteiger partial charge in [0.25, 0.3) is 22.9 Å². The van der Waals surface area contributed by atoms with E-state index in [4.69, 9.17) is 5.73 Å². The first-order valence-corrected chi connectivity index (χ1v) is 6.72. The van der Waals surface area contributed by atoms with Crippen LogP contribution in [0.5, 0.6) is 0 Å². The van der Waals surface area contributed by atoms with Gasteiger partial charge in [0.15, 0.2) is 5.96 Å². The van der Waals surface area contributed by atoms with Crippen molar-refractivity contribution < 1.29 is 9.46 Å². The maximum atomic E-state index is 12.3. The van der Waals surface area contributed by atoms with Crippen molar-refractivity contribution in [2.75, 3.05) is 13.6 Å². The molecule has 1 aliphatic heterocycles. The second-order valence-corrected chi connectivity index (χ2v) is 5.04. The number of benzene rings is 1. The number of aromatic nitrogens is 2. The normalized spacial score (nSPS) is 15.2. The number of nitrogens with two attached hydrogens (primary N) is 1. The molecule has 0 saturated carbocycles. The van der Waals surface area contributed by atoms with Gasteiger partial charge in [-0.3, -0.25) is 0 Å². The van der Waals surface area contributed by atoms with Gasteiger partial charge >= 0.3 is 0 Å². The lowest BCUT2D eigenvalue weighted by Crippen LogP contribution is -2.40. The molecule has 2 heterocycles. The minimum atomic E-state index is 0.264. The Morgan fingerprint density at radius 3 is 2.68 bits per heavy atom. The molecule has 0 aliphatic carbocycles. The van der Waals surface area contributed by atoms with Crippen molar-refractivity contribution in [1.29, 1.82) is 0 Å². The van der Waals surface area contributed by atoms with Crippen molar-refractivity contribution in [1.82, 2.24) is 4.90 Å². The van der Waals surface area contributed by atoms with Crippen molar-refractivity contribution in [3.63, 3.8) is 0 Å². The molecule has 7 heteroatoms. The highest BCUT2D eigenvalue weighted by Gasteiger charge is 2.17. The summed E-state index contributed by atoms with van der Waals surface area (Å²) < 4.78 is 1.44. The van der Waals surface area contributed by atoms with Crippen molar-refractivity contribution in [2.24, 2.45) is 10.7 Å². The zero-order chi connectivity index (χ0) is 15.7. The van der Waals surface area contributed by atoms with Crippen molar-refractivity contribution in [2.45, 2.75) is 0 Å². The van der Waals surface area contributed by atoms with Crippen LogP contribution in [-0.4, -0.2) is 24.5 Å². The van der Waals surface area contributed by atoms with E-state index in [0.29, 0.717) is 28.3 Å². The third kappa shape index (κ3) is 2.44. The molecular weight excluding hydrogens is 282 g/mol. The van der Waals surface area contributed by atoms with Crippen molar-refractivity contribution >= 4 is 23.1 Å². The quantitative estimate of drug-likeness (QED) is 0.635. The minimum Gasteiger partial charge on any atom is -0.618 e. The number of hydrogen-bond acceptors (Lipinski definition) is 5. The molecule has 7 nitrogen and oxygen atoms in total. The minimum absolute atomic E-state index is 0.264. The van der Waals surface area contributed by atoms with Crippen LogP contribution in [-0.2, 0) is 0 Å². The molecule has 0 fully saturated rings. The van der Waals surface area contributed by atoms with Crippen molar-refractivity contribution in [3.05, 3.63) is 64.4 Å². The van der Waals surface area contributed by atoms with Crippen LogP contribution < -0.4 is 15.2 Å². The van der Waals surface area contributed by atoms with Crippen LogP contribution in [0.1, 0.15) is 5.69 Å². The van der Waals surface area contributed by atoms with Gasteiger partial charge in [-0.15, -0.1) is 0 Å². The summed E-state index contributed by atoms with van der Waals surface area (Å²) in [6, 6.07) is 6.67. The van der Waals surface area contributed by atoms with E-state index in [-0.39, 0.29) is 5.69 Å². The fourth-order valence-electron chi connectivity index (χ4n) is 2.25. The number of hydrogen-bond donors (Lipinski definition) is 1. The fraction of sp³-hybridized carbons (Fsp3) is 0.133. The average molecular weight is 297 g/mol. The Kier molecular flexibility index (Phi) is 3.38. The highest BCUT2D eigenvalue weighted by Crippen LogP contribution is 2.10. The first-order chi connectivity index (χ1) is 10.6. The molecular formula is C15H15N5O2. The second kappa shape index (κ2) is 5.36. The molecule has 0 atom stereocenters. The molecule has 112 valence electrons. The summed E-state index contributed by atoms with van der Waals surface area (Å²) in [5.74, 6) is 0.444. The summed E-state index contributed by atoms with van der Waals surface area (Å²) in [4.78, 5) is 5.84. The largest absolute Gasteiger partial charge is 0.618 e. The fourth-order valence-corrected chi connectivity index (χ4v) is 2.25. The van der Waals surface area contributed by atoms with E-state index in [1.165, 1.54) is 6.20 Å². The average Bonchev–Trinajstić information content (AvgIpc) is 2.53. The molecule has 2 N–H and O–H groups in total. The predicted molar refractivity (Wildman–Crippen MR) is 83.2 cm³/mol. The highest BCUT2D eigenvalue weighted by molar-refractivity contribution is 5.80. The maximum Gasteiger partial charge on any atom is 0.290 e. The summed E-state index contributed by atoms with van der Waals surface area (Å²) in [6.07, 6.45) is 6.26. The molecule has 0 bridgehead atoms. The standard InChI is InChI=1S/C15H15N5O2/c1-18-9-11(8-17-15(18)16)6-7-12-10-19(21)13-4-2-3-5-14(13)20(12)22/h2-8,10H,9H2,1H3,(H2,16,17). The summed E-state index contributed by atoms with van der Waals surface area (Å²) in [6.45, 7) is 0.593. The van der Waals surface area contributed by atoms with Crippen LogP contribution in [0.3, 0.4) is 0 Å². The number of guanidine groups is 1. The lowest BCUT2D eigenvalue weighted by Gasteiger charge is -2.21. The van der Waals surface area contributed by atoms with E-state index in [9.17, 15) is 10.4 Å². The zero-order valence-electron chi connectivity index (χ0n) is 12.0. The Bertz CT molecular complexity index is 826. The van der Waals surface area contributed by atoms with Gasteiger partial charge in [0, 0.05) is 38.0 Å². The Hall–Kier alpha value is -3.09. The predicted octanol–water partition coefficient (Wildman–Crippen LogP) is 0.264. The molecule has 1 aromatic heterocycles. The van der Waals surface area contributed by atoms with Crippen LogP contribution in [0.2, 0.25) is 0 Å². The number of para-hydroxylation sites is 2. The molecule has 0 amide bonds. The van der Waals surface area contributed by atoms with E-state index in [1.54, 1.807) is 47.5 Å². The Labute approximate surface area is 127 Å². The van der Waals surface area contributed by atoms with Crippen LogP contribution in [0, 0.1) is 10.4 Å². The van der Waals surface area contributed by atoms with Gasteiger partial charge in [-0.05, 0) is 11.6 Å². The van der Waals surface area contributed by atoms with E-state index in [1.807, 2.05) is 7.05 Å². The highest BCUT2D eigenvalue weighted by atomic mass is 16.5. The molecule has 0 saturated heterocycles. The van der Waals surface area contributed by atoms with Gasteiger partial charge in [0.2, 0.25) is 0 Å². The SMILES string of the molecule is CN1CC(C=Cc2c[n+]([O-])c3ccccc3[n+]2[O-])=CN=C1N. The number of nitrogens with zero attached hydrogens (tertiary/aromatic N) is 4. The molecule has 0 radical (unpaired) electrons. The summed E-state index contributed by atoms with van der Waals surface area (Å²) >= 11 is 0. The van der Waals surface area contributed by atoms with E-state index in [2.05, 4.69) is 4.99 Å². The van der Waals surface area contributed by atoms with Crippen LogP contribution >= 0.6 is 0 Å². The van der Waals surface area contributed by atoms with Gasteiger partial charge < -0.3 is 21.0 Å². The maximum absolute atomic E-state index is 12.3. The van der Waals surface area contributed by atoms with Gasteiger partial charge in [0.1, 0.15) is 0 Å². The Balaban J connectivity index is 1.98. The Morgan fingerprint density at radius 1 is 1.23 bits per heavy atom. The first kappa shape index (κ1) is 13.9. The number of fused-ring (bicyclic) bond motifs is 1. The summed E-state index contributed by atoms with van der Waals surface area (Å²) in [5, 5.41) is 24.3. The molecule has 1 aliphatic rings. The third-order valence-corrected chi connectivity index (χ3v) is 3.46. The van der Waals surface area contributed by atoms with Crippen LogP contribution in [0.25, 0.3) is 17.1 Å². The summed E-state index contributed by atoms with van der Waals surface area (Å²) in [5.41, 5.74) is 7.48. The van der Waals surface area contributed by atoms with E-state index in [0.717, 1.165) is 10.3 Å². The Morgan fingerprint density at radius 2 is 1.95 bits per heavy atom. The van der Waals surface area contributed by atoms with E-state index >= 15 is 0 Å². The third-order valence-electron chi connectivity index (χ3n) is 3.46. The molecule has 3 rings (SSSR count). The zero-order valence-corrected chi connectivity index (χ0v) is 12.0. The smallest absolute Gasteiger partial charge is 0.290 e. The number of aliphatic imine (C=N–C) groups is 1. The first-order valence-electron chi connectivity index (χ1n) is 6.72. The monoisotopic (exact) mass is 297 g/mol. The number of rotatable bonds is 2. The molecule has 2 aromatic rings. The molecule has 0 unspecified atom stereocenters. The van der Waals surface area contributed by atoms with Crippen molar-refractivity contribution in [3.8, 4) is 0 Å².